The minimum absolute atomic E-state index is 0.0457. The fourth-order valence-corrected chi connectivity index (χ4v) is 4.18. The number of hydroxylamine groups is 1. The molecule has 174 valence electrons. The van der Waals surface area contributed by atoms with Gasteiger partial charge in [0.05, 0.1) is 12.1 Å². The predicted molar refractivity (Wildman–Crippen MR) is 121 cm³/mol. The van der Waals surface area contributed by atoms with Crippen molar-refractivity contribution in [1.82, 2.24) is 19.2 Å². The van der Waals surface area contributed by atoms with E-state index >= 15 is 0 Å². The van der Waals surface area contributed by atoms with Crippen LogP contribution in [0.4, 0.5) is 11.4 Å². The van der Waals surface area contributed by atoms with E-state index in [0.717, 1.165) is 0 Å². The summed E-state index contributed by atoms with van der Waals surface area (Å²) in [7, 11) is -1.63. The molecule has 2 aromatic carbocycles. The van der Waals surface area contributed by atoms with Crippen molar-refractivity contribution in [2.75, 3.05) is 24.8 Å². The van der Waals surface area contributed by atoms with Crippen LogP contribution in [-0.4, -0.2) is 53.6 Å². The second-order valence-electron chi connectivity index (χ2n) is 6.81. The molecule has 0 aliphatic heterocycles. The average Bonchev–Trinajstić information content (AvgIpc) is 3.34. The summed E-state index contributed by atoms with van der Waals surface area (Å²) in [4.78, 5) is 33.3. The van der Waals surface area contributed by atoms with Crippen LogP contribution in [0.2, 0.25) is 5.02 Å². The Morgan fingerprint density at radius 3 is 2.33 bits per heavy atom. The Bertz CT molecular complexity index is 1250. The molecule has 2 amide bonds. The van der Waals surface area contributed by atoms with Crippen LogP contribution in [0.25, 0.3) is 0 Å². The molecular formula is C20H21ClN6O5S. The van der Waals surface area contributed by atoms with Crippen LogP contribution < -0.4 is 10.6 Å². The van der Waals surface area contributed by atoms with Crippen LogP contribution in [0.5, 0.6) is 0 Å². The van der Waals surface area contributed by atoms with Gasteiger partial charge in [-0.1, -0.05) is 16.1 Å². The number of sulfonamides is 1. The number of nitrogens with zero attached hydrogens (tertiary/aromatic N) is 4. The molecule has 0 aliphatic carbocycles. The minimum atomic E-state index is -4.04. The molecule has 3 aromatic rings. The number of amides is 2. The van der Waals surface area contributed by atoms with Crippen molar-refractivity contribution in [3.05, 3.63) is 65.7 Å². The van der Waals surface area contributed by atoms with Crippen molar-refractivity contribution in [3.8, 4) is 0 Å². The highest BCUT2D eigenvalue weighted by Gasteiger charge is 2.25. The number of rotatable bonds is 8. The molecule has 0 spiro atoms. The third-order valence-electron chi connectivity index (χ3n) is 4.69. The fraction of sp³-hybridized carbons (Fsp3) is 0.200. The Labute approximate surface area is 195 Å². The molecule has 0 radical (unpaired) electrons. The highest BCUT2D eigenvalue weighted by Crippen LogP contribution is 2.26. The lowest BCUT2D eigenvalue weighted by atomic mass is 10.2. The van der Waals surface area contributed by atoms with Crippen LogP contribution in [0.15, 0.2) is 60.0 Å². The Hall–Kier alpha value is -3.32. The molecule has 1 atom stereocenters. The number of carbonyl (C=O) groups excluding carboxylic acids is 2. The van der Waals surface area contributed by atoms with Gasteiger partial charge in [-0.05, 0) is 49.4 Å². The number of carbonyl (C=O) groups is 2. The number of nitrogens with one attached hydrogen (secondary N) is 2. The van der Waals surface area contributed by atoms with E-state index in [1.807, 2.05) is 0 Å². The van der Waals surface area contributed by atoms with Crippen LogP contribution in [0, 0.1) is 0 Å². The lowest BCUT2D eigenvalue weighted by molar-refractivity contribution is -0.119. The van der Waals surface area contributed by atoms with E-state index in [2.05, 4.69) is 20.7 Å². The molecule has 0 saturated carbocycles. The molecular weight excluding hydrogens is 472 g/mol. The van der Waals surface area contributed by atoms with Gasteiger partial charge in [-0.25, -0.2) is 18.1 Å². The quantitative estimate of drug-likeness (QED) is 0.461. The van der Waals surface area contributed by atoms with Gasteiger partial charge in [0.25, 0.3) is 15.9 Å². The van der Waals surface area contributed by atoms with Gasteiger partial charge in [0, 0.05) is 24.0 Å². The van der Waals surface area contributed by atoms with E-state index in [1.165, 1.54) is 49.7 Å². The molecule has 0 fully saturated rings. The molecule has 2 N–H and O–H groups in total. The molecule has 1 unspecified atom stereocenters. The lowest BCUT2D eigenvalue weighted by Gasteiger charge is -2.16. The minimum Gasteiger partial charge on any atom is -0.324 e. The summed E-state index contributed by atoms with van der Waals surface area (Å²) in [6, 6.07) is 9.77. The molecule has 0 aliphatic rings. The first-order valence-corrected chi connectivity index (χ1v) is 11.3. The number of hydrogen-bond acceptors (Lipinski definition) is 7. The maximum Gasteiger partial charge on any atom is 0.266 e. The molecule has 1 aromatic heterocycles. The van der Waals surface area contributed by atoms with Gasteiger partial charge in [0.15, 0.2) is 0 Å². The van der Waals surface area contributed by atoms with Crippen LogP contribution in [0.3, 0.4) is 0 Å². The third kappa shape index (κ3) is 5.54. The van der Waals surface area contributed by atoms with E-state index in [4.69, 9.17) is 16.4 Å². The summed E-state index contributed by atoms with van der Waals surface area (Å²) in [6.07, 6.45) is 2.79. The molecule has 0 saturated heterocycles. The van der Waals surface area contributed by atoms with Crippen molar-refractivity contribution in [3.63, 3.8) is 0 Å². The highest BCUT2D eigenvalue weighted by molar-refractivity contribution is 7.89. The third-order valence-corrected chi connectivity index (χ3v) is 6.85. The molecule has 13 heteroatoms. The SMILES string of the molecule is CON(C)S(=O)(=O)c1cc(C(=O)Nc2ccc(NC(=O)C(C)n3cncn3)cc2)ccc1Cl. The van der Waals surface area contributed by atoms with Gasteiger partial charge in [-0.3, -0.25) is 14.4 Å². The van der Waals surface area contributed by atoms with Crippen molar-refractivity contribution in [2.45, 2.75) is 17.9 Å². The van der Waals surface area contributed by atoms with Gasteiger partial charge in [0.2, 0.25) is 5.91 Å². The zero-order valence-electron chi connectivity index (χ0n) is 17.9. The topological polar surface area (TPSA) is 136 Å². The van der Waals surface area contributed by atoms with E-state index < -0.39 is 22.0 Å². The number of hydrogen-bond donors (Lipinski definition) is 2. The van der Waals surface area contributed by atoms with Crippen molar-refractivity contribution in [2.24, 2.45) is 0 Å². The summed E-state index contributed by atoms with van der Waals surface area (Å²) < 4.78 is 27.1. The Kier molecular flexibility index (Phi) is 7.43. The number of anilines is 2. The highest BCUT2D eigenvalue weighted by atomic mass is 35.5. The van der Waals surface area contributed by atoms with E-state index in [9.17, 15) is 18.0 Å². The monoisotopic (exact) mass is 492 g/mol. The molecule has 3 rings (SSSR count). The number of halogens is 1. The van der Waals surface area contributed by atoms with Gasteiger partial charge in [-0.2, -0.15) is 5.10 Å². The lowest BCUT2D eigenvalue weighted by Crippen LogP contribution is -2.26. The summed E-state index contributed by atoms with van der Waals surface area (Å²) in [6.45, 7) is 1.68. The maximum atomic E-state index is 12.6. The number of benzene rings is 2. The molecule has 11 nitrogen and oxygen atoms in total. The molecule has 0 bridgehead atoms. The first kappa shape index (κ1) is 24.3. The maximum absolute atomic E-state index is 12.6. The smallest absolute Gasteiger partial charge is 0.266 e. The second kappa shape index (κ2) is 10.1. The van der Waals surface area contributed by atoms with Gasteiger partial charge < -0.3 is 10.6 Å². The normalized spacial score (nSPS) is 12.4. The number of aromatic nitrogens is 3. The van der Waals surface area contributed by atoms with Gasteiger partial charge >= 0.3 is 0 Å². The van der Waals surface area contributed by atoms with Crippen molar-refractivity contribution >= 4 is 44.8 Å². The summed E-state index contributed by atoms with van der Waals surface area (Å²) in [5.41, 5.74) is 1.05. The zero-order valence-corrected chi connectivity index (χ0v) is 19.5. The standard InChI is InChI=1S/C20H21ClN6O5S/c1-13(27-12-22-11-23-27)19(28)24-15-5-7-16(8-6-15)25-20(29)14-4-9-17(21)18(10-14)33(30,31)26(2)32-3/h4-13H,1-3H3,(H,24,28)(H,25,29). The van der Waals surface area contributed by atoms with Gasteiger partial charge in [-0.15, -0.1) is 0 Å². The van der Waals surface area contributed by atoms with Crippen LogP contribution in [-0.2, 0) is 19.7 Å². The van der Waals surface area contributed by atoms with E-state index in [-0.39, 0.29) is 21.4 Å². The zero-order chi connectivity index (χ0) is 24.2. The Balaban J connectivity index is 1.70. The second-order valence-corrected chi connectivity index (χ2v) is 9.13. The van der Waals surface area contributed by atoms with E-state index in [1.54, 1.807) is 31.2 Å². The first-order valence-electron chi connectivity index (χ1n) is 9.52. The van der Waals surface area contributed by atoms with E-state index in [0.29, 0.717) is 15.8 Å². The molecule has 33 heavy (non-hydrogen) atoms. The van der Waals surface area contributed by atoms with Gasteiger partial charge in [0.1, 0.15) is 23.6 Å². The largest absolute Gasteiger partial charge is 0.324 e. The average molecular weight is 493 g/mol. The van der Waals surface area contributed by atoms with Crippen molar-refractivity contribution in [1.29, 1.82) is 0 Å². The fourth-order valence-electron chi connectivity index (χ4n) is 2.70. The predicted octanol–water partition coefficient (Wildman–Crippen LogP) is 2.57. The van der Waals surface area contributed by atoms with Crippen LogP contribution in [0.1, 0.15) is 23.3 Å². The van der Waals surface area contributed by atoms with Crippen molar-refractivity contribution < 1.29 is 22.8 Å². The summed E-state index contributed by atoms with van der Waals surface area (Å²) in [5, 5.41) is 9.31. The Morgan fingerprint density at radius 2 is 1.76 bits per heavy atom. The Morgan fingerprint density at radius 1 is 1.12 bits per heavy atom. The summed E-state index contributed by atoms with van der Waals surface area (Å²) in [5.74, 6) is -0.826. The molecule has 1 heterocycles. The summed E-state index contributed by atoms with van der Waals surface area (Å²) >= 11 is 6.02. The first-order chi connectivity index (χ1) is 15.6. The van der Waals surface area contributed by atoms with Crippen LogP contribution >= 0.6 is 11.6 Å².